The quantitative estimate of drug-likeness (QED) is 0.744. The summed E-state index contributed by atoms with van der Waals surface area (Å²) in [5.41, 5.74) is 0.403. The molecule has 0 bridgehead atoms. The summed E-state index contributed by atoms with van der Waals surface area (Å²) < 4.78 is 0. The van der Waals surface area contributed by atoms with Crippen LogP contribution in [0.2, 0.25) is 0 Å². The van der Waals surface area contributed by atoms with E-state index in [0.717, 1.165) is 45.7 Å². The zero-order chi connectivity index (χ0) is 14.3. The molecule has 0 spiro atoms. The first-order valence-corrected chi connectivity index (χ1v) is 7.57. The predicted octanol–water partition coefficient (Wildman–Crippen LogP) is 1.57. The Morgan fingerprint density at radius 3 is 2.32 bits per heavy atom. The second-order valence-corrected chi connectivity index (χ2v) is 6.74. The zero-order valence-electron chi connectivity index (χ0n) is 13.2. The number of hydrogen-bond acceptors (Lipinski definition) is 3. The molecule has 0 aliphatic carbocycles. The number of rotatable bonds is 6. The van der Waals surface area contributed by atoms with Gasteiger partial charge < -0.3 is 10.2 Å². The Bertz CT molecular complexity index is 265. The molecule has 1 N–H and O–H groups in total. The monoisotopic (exact) mass is 269 g/mol. The van der Waals surface area contributed by atoms with Gasteiger partial charge >= 0.3 is 0 Å². The third-order valence-corrected chi connectivity index (χ3v) is 3.72. The molecule has 1 fully saturated rings. The van der Waals surface area contributed by atoms with Crippen molar-refractivity contribution in [1.29, 1.82) is 0 Å². The number of piperazine rings is 1. The molecule has 0 radical (unpaired) electrons. The number of nitrogens with zero attached hydrogens (tertiary/aromatic N) is 2. The lowest BCUT2D eigenvalue weighted by Gasteiger charge is -2.36. The number of carbonyl (C=O) groups excluding carboxylic acids is 1. The molecule has 0 unspecified atom stereocenters. The fourth-order valence-electron chi connectivity index (χ4n) is 2.29. The lowest BCUT2D eigenvalue weighted by Crippen LogP contribution is -2.49. The average molecular weight is 269 g/mol. The van der Waals surface area contributed by atoms with E-state index in [1.54, 1.807) is 0 Å². The fourth-order valence-corrected chi connectivity index (χ4v) is 2.29. The molecule has 0 aromatic carbocycles. The van der Waals surface area contributed by atoms with Crippen LogP contribution in [0, 0.1) is 5.41 Å². The van der Waals surface area contributed by atoms with Crippen molar-refractivity contribution in [2.75, 3.05) is 46.3 Å². The largest absolute Gasteiger partial charge is 0.340 e. The Labute approximate surface area is 118 Å². The molecule has 112 valence electrons. The topological polar surface area (TPSA) is 35.6 Å². The van der Waals surface area contributed by atoms with Crippen LogP contribution < -0.4 is 5.32 Å². The summed E-state index contributed by atoms with van der Waals surface area (Å²) in [5, 5.41) is 3.08. The first kappa shape index (κ1) is 16.4. The highest BCUT2D eigenvalue weighted by Gasteiger charge is 2.21. The van der Waals surface area contributed by atoms with Crippen LogP contribution in [0.15, 0.2) is 0 Å². The maximum absolute atomic E-state index is 12.0. The molecular formula is C15H31N3O. The average Bonchev–Trinajstić information content (AvgIpc) is 2.36. The van der Waals surface area contributed by atoms with Gasteiger partial charge in [-0.3, -0.25) is 9.69 Å². The van der Waals surface area contributed by atoms with E-state index in [2.05, 4.69) is 31.0 Å². The van der Waals surface area contributed by atoms with E-state index in [-0.39, 0.29) is 0 Å². The van der Waals surface area contributed by atoms with Crippen molar-refractivity contribution in [2.24, 2.45) is 5.41 Å². The normalized spacial score (nSPS) is 17.8. The molecule has 1 heterocycles. The van der Waals surface area contributed by atoms with Gasteiger partial charge in [0, 0.05) is 32.6 Å². The van der Waals surface area contributed by atoms with Gasteiger partial charge in [0.1, 0.15) is 0 Å². The van der Waals surface area contributed by atoms with Crippen LogP contribution in [-0.2, 0) is 4.79 Å². The summed E-state index contributed by atoms with van der Waals surface area (Å²) in [6.45, 7) is 12.8. The van der Waals surface area contributed by atoms with E-state index >= 15 is 0 Å². The molecule has 1 aliphatic heterocycles. The van der Waals surface area contributed by atoms with Gasteiger partial charge in [-0.2, -0.15) is 0 Å². The molecule has 4 heteroatoms. The van der Waals surface area contributed by atoms with E-state index in [4.69, 9.17) is 0 Å². The van der Waals surface area contributed by atoms with Crippen molar-refractivity contribution < 1.29 is 4.79 Å². The van der Waals surface area contributed by atoms with Crippen LogP contribution in [-0.4, -0.2) is 62.0 Å². The third kappa shape index (κ3) is 6.92. The van der Waals surface area contributed by atoms with Crippen LogP contribution in [0.4, 0.5) is 0 Å². The third-order valence-electron chi connectivity index (χ3n) is 3.72. The molecule has 1 saturated heterocycles. The lowest BCUT2D eigenvalue weighted by molar-refractivity contribution is -0.133. The number of amides is 1. The van der Waals surface area contributed by atoms with Gasteiger partial charge in [0.25, 0.3) is 0 Å². The Morgan fingerprint density at radius 1 is 1.16 bits per heavy atom. The van der Waals surface area contributed by atoms with Crippen molar-refractivity contribution in [3.8, 4) is 0 Å². The molecule has 0 saturated carbocycles. The van der Waals surface area contributed by atoms with Gasteiger partial charge in [0.05, 0.1) is 0 Å². The van der Waals surface area contributed by atoms with Crippen LogP contribution >= 0.6 is 0 Å². The summed E-state index contributed by atoms with van der Waals surface area (Å²) >= 11 is 0. The minimum Gasteiger partial charge on any atom is -0.340 e. The molecule has 0 aromatic heterocycles. The van der Waals surface area contributed by atoms with E-state index in [9.17, 15) is 4.79 Å². The molecule has 4 nitrogen and oxygen atoms in total. The maximum Gasteiger partial charge on any atom is 0.222 e. The van der Waals surface area contributed by atoms with Crippen molar-refractivity contribution in [1.82, 2.24) is 15.1 Å². The van der Waals surface area contributed by atoms with Crippen molar-refractivity contribution in [3.63, 3.8) is 0 Å². The van der Waals surface area contributed by atoms with Crippen LogP contribution in [0.1, 0.15) is 40.0 Å². The van der Waals surface area contributed by atoms with Crippen LogP contribution in [0.5, 0.6) is 0 Å². The van der Waals surface area contributed by atoms with Crippen molar-refractivity contribution in [2.45, 2.75) is 40.0 Å². The van der Waals surface area contributed by atoms with Crippen LogP contribution in [0.3, 0.4) is 0 Å². The summed E-state index contributed by atoms with van der Waals surface area (Å²) in [6, 6.07) is 0. The van der Waals surface area contributed by atoms with Gasteiger partial charge in [-0.05, 0) is 38.4 Å². The fraction of sp³-hybridized carbons (Fsp3) is 0.933. The van der Waals surface area contributed by atoms with Gasteiger partial charge in [-0.15, -0.1) is 0 Å². The SMILES string of the molecule is CNCCCC(=O)N1CCN(CCC(C)(C)C)CC1. The Morgan fingerprint density at radius 2 is 1.79 bits per heavy atom. The van der Waals surface area contributed by atoms with Gasteiger partial charge in [-0.1, -0.05) is 20.8 Å². The highest BCUT2D eigenvalue weighted by Crippen LogP contribution is 2.19. The predicted molar refractivity (Wildman–Crippen MR) is 80.3 cm³/mol. The molecule has 1 rings (SSSR count). The second kappa shape index (κ2) is 7.85. The van der Waals surface area contributed by atoms with Crippen molar-refractivity contribution >= 4 is 5.91 Å². The summed E-state index contributed by atoms with van der Waals surface area (Å²) in [7, 11) is 1.93. The van der Waals surface area contributed by atoms with Gasteiger partial charge in [0.2, 0.25) is 5.91 Å². The molecule has 0 atom stereocenters. The first-order chi connectivity index (χ1) is 8.92. The van der Waals surface area contributed by atoms with E-state index in [0.29, 0.717) is 17.7 Å². The second-order valence-electron chi connectivity index (χ2n) is 6.74. The molecule has 1 amide bonds. The highest BCUT2D eigenvalue weighted by atomic mass is 16.2. The summed E-state index contributed by atoms with van der Waals surface area (Å²) in [6.07, 6.45) is 2.85. The number of carbonyl (C=O) groups is 1. The van der Waals surface area contributed by atoms with E-state index in [1.807, 2.05) is 11.9 Å². The minimum absolute atomic E-state index is 0.325. The maximum atomic E-state index is 12.0. The highest BCUT2D eigenvalue weighted by molar-refractivity contribution is 5.76. The summed E-state index contributed by atoms with van der Waals surface area (Å²) in [5.74, 6) is 0.325. The summed E-state index contributed by atoms with van der Waals surface area (Å²) in [4.78, 5) is 16.5. The van der Waals surface area contributed by atoms with E-state index < -0.39 is 0 Å². The lowest BCUT2D eigenvalue weighted by atomic mass is 9.92. The smallest absolute Gasteiger partial charge is 0.222 e. The van der Waals surface area contributed by atoms with Crippen molar-refractivity contribution in [3.05, 3.63) is 0 Å². The number of hydrogen-bond donors (Lipinski definition) is 1. The zero-order valence-corrected chi connectivity index (χ0v) is 13.2. The van der Waals surface area contributed by atoms with Crippen LogP contribution in [0.25, 0.3) is 0 Å². The van der Waals surface area contributed by atoms with E-state index in [1.165, 1.54) is 6.42 Å². The molecule has 0 aromatic rings. The molecule has 19 heavy (non-hydrogen) atoms. The molecular weight excluding hydrogens is 238 g/mol. The Hall–Kier alpha value is -0.610. The molecule has 1 aliphatic rings. The Balaban J connectivity index is 2.19. The number of nitrogens with one attached hydrogen (secondary N) is 1. The van der Waals surface area contributed by atoms with Gasteiger partial charge in [0.15, 0.2) is 0 Å². The Kier molecular flexibility index (Phi) is 6.80. The standard InChI is InChI=1S/C15H31N3O/c1-15(2,3)7-9-17-10-12-18(13-11-17)14(19)6-5-8-16-4/h16H,5-13H2,1-4H3. The minimum atomic E-state index is 0.325. The first-order valence-electron chi connectivity index (χ1n) is 7.57. The van der Waals surface area contributed by atoms with Gasteiger partial charge in [-0.25, -0.2) is 0 Å².